The van der Waals surface area contributed by atoms with Crippen LogP contribution in [0, 0.1) is 17.6 Å². The van der Waals surface area contributed by atoms with Crippen LogP contribution < -0.4 is 4.74 Å². The summed E-state index contributed by atoms with van der Waals surface area (Å²) in [5, 5.41) is 14.3. The highest BCUT2D eigenvalue weighted by Crippen LogP contribution is 2.42. The van der Waals surface area contributed by atoms with E-state index in [1.807, 2.05) is 6.92 Å². The van der Waals surface area contributed by atoms with E-state index in [-0.39, 0.29) is 31.5 Å². The lowest BCUT2D eigenvalue weighted by atomic mass is 10.1. The molecule has 0 saturated carbocycles. The Hall–Kier alpha value is -2.64. The van der Waals surface area contributed by atoms with Gasteiger partial charge < -0.3 is 19.1 Å². The number of hydrogen-bond acceptors (Lipinski definition) is 5. The second-order valence-corrected chi connectivity index (χ2v) is 6.57. The first-order valence-electron chi connectivity index (χ1n) is 7.86. The first-order valence-corrected chi connectivity index (χ1v) is 8.24. The molecule has 3 aromatic rings. The molecule has 1 aliphatic rings. The van der Waals surface area contributed by atoms with Crippen molar-refractivity contribution in [3.63, 3.8) is 0 Å². The topological polar surface area (TPSA) is 73.0 Å². The Morgan fingerprint density at radius 3 is 2.92 bits per heavy atom. The number of nitroso groups, excluding NO2 is 1. The quantitative estimate of drug-likeness (QED) is 0.669. The van der Waals surface area contributed by atoms with Gasteiger partial charge >= 0.3 is 0 Å². The van der Waals surface area contributed by atoms with Gasteiger partial charge in [-0.2, -0.15) is 0 Å². The zero-order valence-corrected chi connectivity index (χ0v) is 14.5. The molecule has 0 saturated heterocycles. The zero-order chi connectivity index (χ0) is 18.4. The zero-order valence-electron chi connectivity index (χ0n) is 13.8. The van der Waals surface area contributed by atoms with E-state index in [1.54, 1.807) is 12.1 Å². The second-order valence-electron chi connectivity index (χ2n) is 6.13. The smallest absolute Gasteiger partial charge is 0.222 e. The van der Waals surface area contributed by atoms with E-state index in [1.165, 1.54) is 16.7 Å². The molecule has 4 rings (SSSR count). The van der Waals surface area contributed by atoms with Crippen molar-refractivity contribution >= 4 is 28.2 Å². The van der Waals surface area contributed by atoms with Crippen molar-refractivity contribution in [1.29, 1.82) is 0 Å². The number of nitrogens with zero attached hydrogens (tertiary/aromatic N) is 2. The van der Waals surface area contributed by atoms with Gasteiger partial charge in [0, 0.05) is 21.5 Å². The Balaban J connectivity index is 1.93. The van der Waals surface area contributed by atoms with E-state index < -0.39 is 5.82 Å². The van der Waals surface area contributed by atoms with Crippen molar-refractivity contribution in [3.05, 3.63) is 56.7 Å². The molecule has 0 unspecified atom stereocenters. The summed E-state index contributed by atoms with van der Waals surface area (Å²) in [7, 11) is 0. The SMILES string of the molecule is Cc1cc(Cl)cc2c(N=O)c(O)n(Cc3cc(F)cc4c3OCOC4)c12. The van der Waals surface area contributed by atoms with Crippen molar-refractivity contribution in [2.24, 2.45) is 5.18 Å². The summed E-state index contributed by atoms with van der Waals surface area (Å²) in [6.45, 7) is 2.22. The molecule has 8 heteroatoms. The molecule has 0 bridgehead atoms. The summed E-state index contributed by atoms with van der Waals surface area (Å²) in [5.74, 6) is -0.214. The lowest BCUT2D eigenvalue weighted by Crippen LogP contribution is -2.14. The minimum Gasteiger partial charge on any atom is -0.493 e. The summed E-state index contributed by atoms with van der Waals surface area (Å²) in [4.78, 5) is 11.2. The molecule has 1 aromatic heterocycles. The van der Waals surface area contributed by atoms with Crippen LogP contribution in [0.1, 0.15) is 16.7 Å². The van der Waals surface area contributed by atoms with Crippen molar-refractivity contribution in [3.8, 4) is 11.6 Å². The molecule has 0 atom stereocenters. The Morgan fingerprint density at radius 1 is 1.35 bits per heavy atom. The third-order valence-corrected chi connectivity index (χ3v) is 4.65. The Bertz CT molecular complexity index is 1050. The standard InChI is InChI=1S/C18H14ClFN2O4/c1-9-2-12(19)5-14-15(21-24)18(23)22(16(9)14)6-10-3-13(20)4-11-7-25-8-26-17(10)11/h2-5,23H,6-8H2,1H3. The fourth-order valence-electron chi connectivity index (χ4n) is 3.42. The van der Waals surface area contributed by atoms with Crippen molar-refractivity contribution in [1.82, 2.24) is 4.57 Å². The van der Waals surface area contributed by atoms with Gasteiger partial charge in [0.2, 0.25) is 5.88 Å². The molecule has 1 N–H and O–H groups in total. The number of ether oxygens (including phenoxy) is 2. The fourth-order valence-corrected chi connectivity index (χ4v) is 3.69. The molecular weight excluding hydrogens is 363 g/mol. The largest absolute Gasteiger partial charge is 0.493 e. The maximum atomic E-state index is 14.0. The summed E-state index contributed by atoms with van der Waals surface area (Å²) < 4.78 is 26.2. The number of benzene rings is 2. The van der Waals surface area contributed by atoms with Crippen LogP contribution in [-0.2, 0) is 17.9 Å². The van der Waals surface area contributed by atoms with Gasteiger partial charge in [-0.05, 0) is 41.9 Å². The Morgan fingerprint density at radius 2 is 2.15 bits per heavy atom. The van der Waals surface area contributed by atoms with E-state index in [9.17, 15) is 14.4 Å². The lowest BCUT2D eigenvalue weighted by molar-refractivity contribution is -0.0173. The summed E-state index contributed by atoms with van der Waals surface area (Å²) >= 11 is 6.07. The van der Waals surface area contributed by atoms with E-state index in [4.69, 9.17) is 21.1 Å². The van der Waals surface area contributed by atoms with E-state index in [2.05, 4.69) is 5.18 Å². The molecular formula is C18H14ClFN2O4. The van der Waals surface area contributed by atoms with Crippen molar-refractivity contribution < 1.29 is 19.0 Å². The van der Waals surface area contributed by atoms with Gasteiger partial charge in [-0.25, -0.2) is 4.39 Å². The van der Waals surface area contributed by atoms with Gasteiger partial charge in [0.05, 0.1) is 18.7 Å². The summed E-state index contributed by atoms with van der Waals surface area (Å²) in [5.41, 5.74) is 2.39. The molecule has 2 aromatic carbocycles. The molecule has 0 fully saturated rings. The van der Waals surface area contributed by atoms with Gasteiger partial charge in [-0.1, -0.05) is 11.6 Å². The highest BCUT2D eigenvalue weighted by molar-refractivity contribution is 6.31. The third kappa shape index (κ3) is 2.60. The molecule has 1 aliphatic heterocycles. The number of halogens is 2. The number of aryl methyl sites for hydroxylation is 1. The van der Waals surface area contributed by atoms with Crippen LogP contribution in [0.2, 0.25) is 5.02 Å². The lowest BCUT2D eigenvalue weighted by Gasteiger charge is -2.21. The molecule has 134 valence electrons. The summed E-state index contributed by atoms with van der Waals surface area (Å²) in [6, 6.07) is 5.99. The van der Waals surface area contributed by atoms with Gasteiger partial charge in [0.1, 0.15) is 11.6 Å². The molecule has 6 nitrogen and oxygen atoms in total. The van der Waals surface area contributed by atoms with Crippen LogP contribution in [0.5, 0.6) is 11.6 Å². The monoisotopic (exact) mass is 376 g/mol. The van der Waals surface area contributed by atoms with Crippen LogP contribution >= 0.6 is 11.6 Å². The van der Waals surface area contributed by atoms with Crippen LogP contribution in [0.15, 0.2) is 29.4 Å². The first kappa shape index (κ1) is 16.8. The molecule has 0 amide bonds. The highest BCUT2D eigenvalue weighted by Gasteiger charge is 2.23. The average molecular weight is 377 g/mol. The van der Waals surface area contributed by atoms with Crippen molar-refractivity contribution in [2.45, 2.75) is 20.1 Å². The predicted octanol–water partition coefficient (Wildman–Crippen LogP) is 4.76. The minimum atomic E-state index is -0.433. The van der Waals surface area contributed by atoms with E-state index >= 15 is 0 Å². The fraction of sp³-hybridized carbons (Fsp3) is 0.222. The molecule has 0 spiro atoms. The van der Waals surface area contributed by atoms with Gasteiger partial charge in [0.15, 0.2) is 12.5 Å². The third-order valence-electron chi connectivity index (χ3n) is 4.43. The van der Waals surface area contributed by atoms with Crippen molar-refractivity contribution in [2.75, 3.05) is 6.79 Å². The maximum Gasteiger partial charge on any atom is 0.222 e. The van der Waals surface area contributed by atoms with Gasteiger partial charge in [-0.15, -0.1) is 4.91 Å². The van der Waals surface area contributed by atoms with Crippen LogP contribution in [0.25, 0.3) is 10.9 Å². The normalized spacial score (nSPS) is 13.5. The Labute approximate surface area is 152 Å². The Kier molecular flexibility index (Phi) is 4.05. The van der Waals surface area contributed by atoms with Crippen LogP contribution in [0.4, 0.5) is 10.1 Å². The molecule has 2 heterocycles. The average Bonchev–Trinajstić information content (AvgIpc) is 2.86. The second kappa shape index (κ2) is 6.26. The minimum absolute atomic E-state index is 0.0693. The highest BCUT2D eigenvalue weighted by atomic mass is 35.5. The number of rotatable bonds is 3. The molecule has 26 heavy (non-hydrogen) atoms. The van der Waals surface area contributed by atoms with Crippen LogP contribution in [-0.4, -0.2) is 16.5 Å². The van der Waals surface area contributed by atoms with Gasteiger partial charge in [0.25, 0.3) is 0 Å². The molecule has 0 aliphatic carbocycles. The van der Waals surface area contributed by atoms with E-state index in [0.717, 1.165) is 5.56 Å². The van der Waals surface area contributed by atoms with Gasteiger partial charge in [-0.3, -0.25) is 0 Å². The first-order chi connectivity index (χ1) is 12.5. The van der Waals surface area contributed by atoms with E-state index in [0.29, 0.717) is 32.8 Å². The number of aromatic hydroxyl groups is 1. The maximum absolute atomic E-state index is 14.0. The molecule has 0 radical (unpaired) electrons. The number of hydrogen-bond donors (Lipinski definition) is 1. The summed E-state index contributed by atoms with van der Waals surface area (Å²) in [6.07, 6.45) is 0. The number of fused-ring (bicyclic) bond motifs is 2. The number of aromatic nitrogens is 1. The predicted molar refractivity (Wildman–Crippen MR) is 94.6 cm³/mol. The van der Waals surface area contributed by atoms with Crippen LogP contribution in [0.3, 0.4) is 0 Å².